The quantitative estimate of drug-likeness (QED) is 0.0842. The molecular weight excluding hydrogens is 544 g/mol. The molecule has 0 spiro atoms. The number of rotatable bonds is 11. The molecule has 0 fully saturated rings. The molecule has 0 bridgehead atoms. The molecule has 0 aliphatic heterocycles. The van der Waals surface area contributed by atoms with Crippen LogP contribution in [0.25, 0.3) is 21.8 Å². The molecule has 1 heterocycles. The fourth-order valence-electron chi connectivity index (χ4n) is 5.28. The first kappa shape index (κ1) is 30.1. The summed E-state index contributed by atoms with van der Waals surface area (Å²) >= 11 is 0. The summed E-state index contributed by atoms with van der Waals surface area (Å²) < 4.78 is 39.4. The fraction of sp³-hybridized carbons (Fsp3) is 0.323. The fourth-order valence-corrected chi connectivity index (χ4v) is 5.78. The number of carboxylic acid groups (broad SMARTS) is 1. The van der Waals surface area contributed by atoms with Gasteiger partial charge in [-0.2, -0.15) is 13.0 Å². The van der Waals surface area contributed by atoms with Crippen LogP contribution in [0, 0.1) is 13.8 Å². The van der Waals surface area contributed by atoms with Gasteiger partial charge >= 0.3 is 11.9 Å². The lowest BCUT2D eigenvalue weighted by Gasteiger charge is -2.18. The molecule has 1 aromatic heterocycles. The van der Waals surface area contributed by atoms with Gasteiger partial charge in [-0.1, -0.05) is 25.1 Å². The second kappa shape index (κ2) is 12.3. The van der Waals surface area contributed by atoms with Crippen LogP contribution in [0.4, 0.5) is 0 Å². The van der Waals surface area contributed by atoms with Crippen molar-refractivity contribution >= 4 is 43.9 Å². The second-order valence-electron chi connectivity index (χ2n) is 10.4. The number of aromatic carboxylic acids is 1. The maximum Gasteiger partial charge on any atom is 0.345 e. The summed E-state index contributed by atoms with van der Waals surface area (Å²) in [6, 6.07) is 16.6. The van der Waals surface area contributed by atoms with Gasteiger partial charge in [0.15, 0.2) is 0 Å². The van der Waals surface area contributed by atoms with Crippen molar-refractivity contribution in [3.05, 3.63) is 82.4 Å². The van der Waals surface area contributed by atoms with Crippen molar-refractivity contribution in [3.8, 4) is 5.75 Å². The van der Waals surface area contributed by atoms with Gasteiger partial charge in [-0.15, -0.1) is 0 Å². The van der Waals surface area contributed by atoms with Crippen LogP contribution in [0.3, 0.4) is 0 Å². The Morgan fingerprint density at radius 3 is 2.27 bits per heavy atom. The van der Waals surface area contributed by atoms with E-state index in [1.807, 2.05) is 54.4 Å². The van der Waals surface area contributed by atoms with Gasteiger partial charge in [0.25, 0.3) is 10.1 Å². The minimum Gasteiger partial charge on any atom is -0.478 e. The Kier molecular flexibility index (Phi) is 9.06. The number of benzene rings is 3. The Labute approximate surface area is 239 Å². The van der Waals surface area contributed by atoms with Crippen LogP contribution in [0.2, 0.25) is 0 Å². The molecule has 0 saturated carbocycles. The van der Waals surface area contributed by atoms with Gasteiger partial charge < -0.3 is 14.7 Å². The van der Waals surface area contributed by atoms with E-state index in [-0.39, 0.29) is 11.3 Å². The highest BCUT2D eigenvalue weighted by atomic mass is 32.2. The predicted octanol–water partition coefficient (Wildman–Crippen LogP) is 4.93. The number of para-hydroxylation sites is 1. The average molecular weight is 580 g/mol. The van der Waals surface area contributed by atoms with Crippen molar-refractivity contribution in [1.29, 1.82) is 0 Å². The minimum atomic E-state index is -4.02. The summed E-state index contributed by atoms with van der Waals surface area (Å²) in [6.45, 7) is 7.24. The van der Waals surface area contributed by atoms with Crippen molar-refractivity contribution < 1.29 is 37.0 Å². The number of pyridine rings is 1. The third-order valence-corrected chi connectivity index (χ3v) is 7.84. The number of carbonyl (C=O) groups is 2. The van der Waals surface area contributed by atoms with Gasteiger partial charge in [0.2, 0.25) is 11.0 Å². The molecule has 0 unspecified atom stereocenters. The van der Waals surface area contributed by atoms with E-state index in [1.54, 1.807) is 13.8 Å². The van der Waals surface area contributed by atoms with E-state index < -0.39 is 22.1 Å². The van der Waals surface area contributed by atoms with Crippen LogP contribution < -0.4 is 9.30 Å². The smallest absolute Gasteiger partial charge is 0.345 e. The third kappa shape index (κ3) is 6.90. The highest BCUT2D eigenvalue weighted by Gasteiger charge is 2.26. The summed E-state index contributed by atoms with van der Waals surface area (Å²) in [7, 11) is -2.15. The Morgan fingerprint density at radius 1 is 0.976 bits per heavy atom. The maximum absolute atomic E-state index is 14.0. The van der Waals surface area contributed by atoms with Gasteiger partial charge in [0, 0.05) is 25.1 Å². The first-order chi connectivity index (χ1) is 19.4. The molecule has 0 aliphatic rings. The first-order valence-electron chi connectivity index (χ1n) is 13.5. The molecule has 2 N–H and O–H groups in total. The Morgan fingerprint density at radius 2 is 1.63 bits per heavy atom. The van der Waals surface area contributed by atoms with E-state index in [9.17, 15) is 23.1 Å². The van der Waals surface area contributed by atoms with Gasteiger partial charge in [-0.25, -0.2) is 9.59 Å². The summed E-state index contributed by atoms with van der Waals surface area (Å²) in [5, 5.41) is 10.9. The molecule has 0 radical (unpaired) electrons. The molecule has 0 atom stereocenters. The summed E-state index contributed by atoms with van der Waals surface area (Å²) in [5.74, 6) is -1.56. The normalized spacial score (nSPS) is 11.9. The molecule has 10 heteroatoms. The van der Waals surface area contributed by atoms with Crippen molar-refractivity contribution in [2.24, 2.45) is 0 Å². The standard InChI is InChI=1S/C31H34N2O7S/c1-5-13-33-26-10-7-6-9-24(26)28(31(36)40-29-20(2)16-23(30(34)35)17-21(29)3)25-18-22(11-12-27(25)33)19-32(4)14-8-15-41(37,38)39/h6-7,9-12,16-18H,5,8,13-15,19H2,1-4H3,(H-,34,35,37,38,39)/p+1. The van der Waals surface area contributed by atoms with Crippen LogP contribution >= 0.6 is 0 Å². The molecular formula is C31H35N2O7S+. The van der Waals surface area contributed by atoms with Crippen LogP contribution in [0.5, 0.6) is 5.75 Å². The minimum absolute atomic E-state index is 0.126. The zero-order chi connectivity index (χ0) is 29.9. The zero-order valence-electron chi connectivity index (χ0n) is 23.7. The second-order valence-corrected chi connectivity index (χ2v) is 12.0. The lowest BCUT2D eigenvalue weighted by Crippen LogP contribution is -2.36. The molecule has 3 aromatic carbocycles. The maximum atomic E-state index is 14.0. The Hall–Kier alpha value is -3.86. The van der Waals surface area contributed by atoms with Gasteiger partial charge in [-0.05, 0) is 74.8 Å². The number of aryl methyl sites for hydroxylation is 3. The molecule has 9 nitrogen and oxygen atoms in total. The van der Waals surface area contributed by atoms with Crippen molar-refractivity contribution in [1.82, 2.24) is 4.90 Å². The molecule has 0 saturated heterocycles. The highest BCUT2D eigenvalue weighted by molar-refractivity contribution is 7.85. The topological polar surface area (TPSA) is 125 Å². The van der Waals surface area contributed by atoms with E-state index in [0.717, 1.165) is 40.3 Å². The number of ether oxygens (including phenoxy) is 1. The van der Waals surface area contributed by atoms with E-state index in [2.05, 4.69) is 11.5 Å². The number of carboxylic acids is 1. The molecule has 4 rings (SSSR count). The van der Waals surface area contributed by atoms with Crippen molar-refractivity contribution in [2.45, 2.75) is 46.7 Å². The number of nitrogens with zero attached hydrogens (tertiary/aromatic N) is 2. The van der Waals surface area contributed by atoms with Crippen LogP contribution in [-0.4, -0.2) is 54.3 Å². The van der Waals surface area contributed by atoms with Crippen molar-refractivity contribution in [2.75, 3.05) is 19.3 Å². The first-order valence-corrected chi connectivity index (χ1v) is 15.1. The molecule has 4 aromatic rings. The summed E-state index contributed by atoms with van der Waals surface area (Å²) in [4.78, 5) is 27.4. The van der Waals surface area contributed by atoms with Crippen molar-refractivity contribution in [3.63, 3.8) is 0 Å². The van der Waals surface area contributed by atoms with E-state index >= 15 is 0 Å². The number of hydrogen-bond acceptors (Lipinski definition) is 6. The van der Waals surface area contributed by atoms with Gasteiger partial charge in [-0.3, -0.25) is 4.55 Å². The average Bonchev–Trinajstić information content (AvgIpc) is 2.89. The van der Waals surface area contributed by atoms with Gasteiger partial charge in [0.05, 0.1) is 27.7 Å². The lowest BCUT2D eigenvalue weighted by molar-refractivity contribution is -0.645. The Balaban J connectivity index is 1.81. The Bertz CT molecular complexity index is 1730. The molecule has 216 valence electrons. The number of esters is 1. The monoisotopic (exact) mass is 579 g/mol. The molecule has 41 heavy (non-hydrogen) atoms. The lowest BCUT2D eigenvalue weighted by atomic mass is 9.99. The molecule has 0 amide bonds. The van der Waals surface area contributed by atoms with Gasteiger partial charge in [0.1, 0.15) is 12.3 Å². The van der Waals surface area contributed by atoms with Crippen LogP contribution in [0.15, 0.2) is 54.6 Å². The predicted molar refractivity (Wildman–Crippen MR) is 157 cm³/mol. The number of carbonyl (C=O) groups excluding carboxylic acids is 1. The van der Waals surface area contributed by atoms with E-state index in [0.29, 0.717) is 42.0 Å². The summed E-state index contributed by atoms with van der Waals surface area (Å²) in [5.41, 5.74) is 4.35. The zero-order valence-corrected chi connectivity index (χ0v) is 24.5. The van der Waals surface area contributed by atoms with E-state index in [1.165, 1.54) is 12.1 Å². The molecule has 0 aliphatic carbocycles. The number of fused-ring (bicyclic) bond motifs is 2. The van der Waals surface area contributed by atoms with Crippen LogP contribution in [-0.2, 0) is 23.2 Å². The van der Waals surface area contributed by atoms with E-state index in [4.69, 9.17) is 9.29 Å². The largest absolute Gasteiger partial charge is 0.478 e. The number of hydrogen-bond donors (Lipinski definition) is 2. The SMILES string of the molecule is CCC[n+]1c2ccccc2c(C(=O)Oc2c(C)cc(C(=O)O)cc2C)c2cc(CN(C)CCCS(=O)(=O)O)ccc21. The number of aromatic nitrogens is 1. The summed E-state index contributed by atoms with van der Waals surface area (Å²) in [6.07, 6.45) is 1.18. The van der Waals surface area contributed by atoms with Crippen LogP contribution in [0.1, 0.15) is 57.2 Å². The highest BCUT2D eigenvalue weighted by Crippen LogP contribution is 2.31. The third-order valence-electron chi connectivity index (χ3n) is 7.03.